The summed E-state index contributed by atoms with van der Waals surface area (Å²) in [5.74, 6) is -0.393. The maximum absolute atomic E-state index is 11.7. The lowest BCUT2D eigenvalue weighted by molar-refractivity contribution is 0.100. The fraction of sp³-hybridized carbons (Fsp3) is 0.588. The molecule has 0 atom stereocenters. The standard InChI is InChI=1S/C17H25N3O/c18-13-4-5-15(14(12-13)16(19)21)20-10-8-17(9-11-20)6-2-1-3-7-17/h4-5,12H,1-3,6-11,18H2,(H2,19,21). The van der Waals surface area contributed by atoms with Crippen LogP contribution in [0.5, 0.6) is 0 Å². The lowest BCUT2D eigenvalue weighted by Crippen LogP contribution is -2.41. The van der Waals surface area contributed by atoms with Gasteiger partial charge in [-0.3, -0.25) is 4.79 Å². The summed E-state index contributed by atoms with van der Waals surface area (Å²) >= 11 is 0. The van der Waals surface area contributed by atoms with E-state index in [1.54, 1.807) is 6.07 Å². The minimum absolute atomic E-state index is 0.393. The summed E-state index contributed by atoms with van der Waals surface area (Å²) in [4.78, 5) is 14.0. The Morgan fingerprint density at radius 1 is 1.05 bits per heavy atom. The van der Waals surface area contributed by atoms with Crippen LogP contribution in [0.25, 0.3) is 0 Å². The smallest absolute Gasteiger partial charge is 0.250 e. The maximum atomic E-state index is 11.7. The van der Waals surface area contributed by atoms with Gasteiger partial charge in [-0.15, -0.1) is 0 Å². The molecular formula is C17H25N3O. The van der Waals surface area contributed by atoms with E-state index in [0.717, 1.165) is 18.8 Å². The van der Waals surface area contributed by atoms with Gasteiger partial charge in [-0.2, -0.15) is 0 Å². The van der Waals surface area contributed by atoms with Crippen LogP contribution >= 0.6 is 0 Å². The summed E-state index contributed by atoms with van der Waals surface area (Å²) in [5, 5.41) is 0. The molecule has 2 fully saturated rings. The lowest BCUT2D eigenvalue weighted by atomic mass is 9.68. The van der Waals surface area contributed by atoms with Gasteiger partial charge in [0.05, 0.1) is 5.56 Å². The van der Waals surface area contributed by atoms with Crippen LogP contribution in [0.2, 0.25) is 0 Å². The summed E-state index contributed by atoms with van der Waals surface area (Å²) in [6, 6.07) is 5.49. The Morgan fingerprint density at radius 3 is 2.33 bits per heavy atom. The SMILES string of the molecule is NC(=O)c1cc(N)ccc1N1CCC2(CCCCC2)CC1. The average Bonchev–Trinajstić information content (AvgIpc) is 2.49. The normalized spacial score (nSPS) is 21.4. The predicted octanol–water partition coefficient (Wildman–Crippen LogP) is 2.92. The number of hydrogen-bond donors (Lipinski definition) is 2. The number of anilines is 2. The number of piperidine rings is 1. The van der Waals surface area contributed by atoms with Gasteiger partial charge in [0.15, 0.2) is 0 Å². The minimum Gasteiger partial charge on any atom is -0.399 e. The third kappa shape index (κ3) is 2.85. The molecule has 21 heavy (non-hydrogen) atoms. The lowest BCUT2D eigenvalue weighted by Gasteiger charge is -2.45. The summed E-state index contributed by atoms with van der Waals surface area (Å²) in [7, 11) is 0. The number of hydrogen-bond acceptors (Lipinski definition) is 3. The zero-order valence-electron chi connectivity index (χ0n) is 12.6. The van der Waals surface area contributed by atoms with Gasteiger partial charge in [0.2, 0.25) is 0 Å². The van der Waals surface area contributed by atoms with Gasteiger partial charge in [0, 0.05) is 24.5 Å². The predicted molar refractivity (Wildman–Crippen MR) is 86.3 cm³/mol. The number of nitrogens with two attached hydrogens (primary N) is 2. The fourth-order valence-corrected chi connectivity index (χ4v) is 4.05. The molecule has 4 N–H and O–H groups in total. The summed E-state index contributed by atoms with van der Waals surface area (Å²) in [5.41, 5.74) is 13.9. The topological polar surface area (TPSA) is 72.3 Å². The van der Waals surface area contributed by atoms with Gasteiger partial charge < -0.3 is 16.4 Å². The van der Waals surface area contributed by atoms with E-state index in [2.05, 4.69) is 4.90 Å². The second kappa shape index (κ2) is 5.58. The zero-order chi connectivity index (χ0) is 14.9. The maximum Gasteiger partial charge on any atom is 0.250 e. The number of benzene rings is 1. The van der Waals surface area contributed by atoms with Crippen molar-refractivity contribution in [3.05, 3.63) is 23.8 Å². The first-order valence-electron chi connectivity index (χ1n) is 8.04. The average molecular weight is 287 g/mol. The molecule has 114 valence electrons. The van der Waals surface area contributed by atoms with Crippen molar-refractivity contribution in [2.75, 3.05) is 23.7 Å². The molecule has 0 aromatic heterocycles. The van der Waals surface area contributed by atoms with Crippen molar-refractivity contribution in [2.45, 2.75) is 44.9 Å². The van der Waals surface area contributed by atoms with Gasteiger partial charge >= 0.3 is 0 Å². The molecule has 1 spiro atoms. The van der Waals surface area contributed by atoms with Crippen LogP contribution in [0.3, 0.4) is 0 Å². The van der Waals surface area contributed by atoms with Crippen LogP contribution in [0.1, 0.15) is 55.3 Å². The highest BCUT2D eigenvalue weighted by molar-refractivity contribution is 5.99. The second-order valence-electron chi connectivity index (χ2n) is 6.69. The van der Waals surface area contributed by atoms with Gasteiger partial charge in [-0.1, -0.05) is 19.3 Å². The molecule has 0 radical (unpaired) electrons. The van der Waals surface area contributed by atoms with E-state index in [0.29, 0.717) is 16.7 Å². The quantitative estimate of drug-likeness (QED) is 0.821. The number of carbonyl (C=O) groups is 1. The van der Waals surface area contributed by atoms with Crippen LogP contribution in [0.15, 0.2) is 18.2 Å². The van der Waals surface area contributed by atoms with Gasteiger partial charge in [0.25, 0.3) is 5.91 Å². The van der Waals surface area contributed by atoms with Crippen LogP contribution in [0, 0.1) is 5.41 Å². The highest BCUT2D eigenvalue weighted by Crippen LogP contribution is 2.45. The largest absolute Gasteiger partial charge is 0.399 e. The Morgan fingerprint density at radius 2 is 1.71 bits per heavy atom. The monoisotopic (exact) mass is 287 g/mol. The number of carbonyl (C=O) groups excluding carboxylic acids is 1. The molecule has 1 amide bonds. The van der Waals surface area contributed by atoms with Crippen molar-refractivity contribution in [1.29, 1.82) is 0 Å². The molecule has 3 rings (SSSR count). The van der Waals surface area contributed by atoms with E-state index >= 15 is 0 Å². The van der Waals surface area contributed by atoms with E-state index in [4.69, 9.17) is 11.5 Å². The van der Waals surface area contributed by atoms with Crippen LogP contribution in [0.4, 0.5) is 11.4 Å². The molecule has 0 bridgehead atoms. The van der Waals surface area contributed by atoms with Gasteiger partial charge in [-0.25, -0.2) is 0 Å². The van der Waals surface area contributed by atoms with E-state index in [1.165, 1.54) is 44.9 Å². The van der Waals surface area contributed by atoms with Crippen LogP contribution < -0.4 is 16.4 Å². The molecule has 4 nitrogen and oxygen atoms in total. The number of nitrogen functional groups attached to an aromatic ring is 1. The summed E-state index contributed by atoms with van der Waals surface area (Å²) in [6.45, 7) is 2.04. The zero-order valence-corrected chi connectivity index (χ0v) is 12.6. The van der Waals surface area contributed by atoms with Crippen LogP contribution in [-0.4, -0.2) is 19.0 Å². The third-order valence-electron chi connectivity index (χ3n) is 5.37. The number of nitrogens with zero attached hydrogens (tertiary/aromatic N) is 1. The number of primary amides is 1. The van der Waals surface area contributed by atoms with Crippen molar-refractivity contribution in [3.63, 3.8) is 0 Å². The third-order valence-corrected chi connectivity index (χ3v) is 5.37. The van der Waals surface area contributed by atoms with Crippen molar-refractivity contribution < 1.29 is 4.79 Å². The van der Waals surface area contributed by atoms with Gasteiger partial charge in [-0.05, 0) is 49.3 Å². The number of amides is 1. The van der Waals surface area contributed by atoms with E-state index in [-0.39, 0.29) is 0 Å². The second-order valence-corrected chi connectivity index (χ2v) is 6.69. The Kier molecular flexibility index (Phi) is 3.79. The highest BCUT2D eigenvalue weighted by atomic mass is 16.1. The fourth-order valence-electron chi connectivity index (χ4n) is 4.05. The molecule has 1 aromatic carbocycles. The molecule has 2 aliphatic rings. The molecule has 1 aliphatic carbocycles. The molecular weight excluding hydrogens is 262 g/mol. The van der Waals surface area contributed by atoms with Crippen LogP contribution in [-0.2, 0) is 0 Å². The number of rotatable bonds is 2. The molecule has 4 heteroatoms. The van der Waals surface area contributed by atoms with E-state index in [9.17, 15) is 4.79 Å². The Labute approximate surface area is 126 Å². The van der Waals surface area contributed by atoms with E-state index < -0.39 is 5.91 Å². The Hall–Kier alpha value is -1.71. The first kappa shape index (κ1) is 14.2. The van der Waals surface area contributed by atoms with Gasteiger partial charge in [0.1, 0.15) is 0 Å². The van der Waals surface area contributed by atoms with E-state index in [1.807, 2.05) is 12.1 Å². The Balaban J connectivity index is 1.76. The molecule has 1 aromatic rings. The van der Waals surface area contributed by atoms with Crippen molar-refractivity contribution in [1.82, 2.24) is 0 Å². The molecule has 0 unspecified atom stereocenters. The first-order chi connectivity index (χ1) is 10.1. The molecule has 1 aliphatic heterocycles. The molecule has 1 saturated heterocycles. The van der Waals surface area contributed by atoms with Crippen molar-refractivity contribution in [3.8, 4) is 0 Å². The molecule has 1 heterocycles. The van der Waals surface area contributed by atoms with Crippen molar-refractivity contribution in [2.24, 2.45) is 11.1 Å². The van der Waals surface area contributed by atoms with Crippen molar-refractivity contribution >= 4 is 17.3 Å². The minimum atomic E-state index is -0.393. The summed E-state index contributed by atoms with van der Waals surface area (Å²) < 4.78 is 0. The Bertz CT molecular complexity index is 525. The highest BCUT2D eigenvalue weighted by Gasteiger charge is 2.36. The first-order valence-corrected chi connectivity index (χ1v) is 8.04. The summed E-state index contributed by atoms with van der Waals surface area (Å²) in [6.07, 6.45) is 9.39. The molecule has 1 saturated carbocycles.